The van der Waals surface area contributed by atoms with Crippen molar-refractivity contribution in [2.75, 3.05) is 6.61 Å². The van der Waals surface area contributed by atoms with Crippen molar-refractivity contribution >= 4 is 11.2 Å². The van der Waals surface area contributed by atoms with E-state index in [-0.39, 0.29) is 6.61 Å². The van der Waals surface area contributed by atoms with Crippen LogP contribution in [0.4, 0.5) is 0 Å². The van der Waals surface area contributed by atoms with Gasteiger partial charge in [-0.1, -0.05) is 24.3 Å². The van der Waals surface area contributed by atoms with E-state index in [4.69, 9.17) is 4.98 Å². The fourth-order valence-electron chi connectivity index (χ4n) is 2.45. The van der Waals surface area contributed by atoms with Gasteiger partial charge in [0.1, 0.15) is 11.3 Å². The molecular formula is C16H17N3O. The highest BCUT2D eigenvalue weighted by atomic mass is 16.3. The molecular weight excluding hydrogens is 250 g/mol. The predicted octanol–water partition coefficient (Wildman–Crippen LogP) is 2.71. The average Bonchev–Trinajstić information content (AvgIpc) is 2.77. The van der Waals surface area contributed by atoms with E-state index < -0.39 is 0 Å². The summed E-state index contributed by atoms with van der Waals surface area (Å²) in [7, 11) is 0. The Labute approximate surface area is 117 Å². The van der Waals surface area contributed by atoms with Gasteiger partial charge >= 0.3 is 0 Å². The van der Waals surface area contributed by atoms with E-state index in [1.54, 1.807) is 0 Å². The van der Waals surface area contributed by atoms with Crippen molar-refractivity contribution in [1.29, 1.82) is 0 Å². The number of benzene rings is 1. The summed E-state index contributed by atoms with van der Waals surface area (Å²) in [6, 6.07) is 10.2. The molecule has 0 atom stereocenters. The number of aliphatic hydroxyl groups is 1. The first-order valence-corrected chi connectivity index (χ1v) is 6.70. The molecule has 0 unspecified atom stereocenters. The van der Waals surface area contributed by atoms with Gasteiger partial charge in [0.15, 0.2) is 5.65 Å². The highest BCUT2D eigenvalue weighted by Crippen LogP contribution is 2.26. The molecule has 2 aromatic heterocycles. The highest BCUT2D eigenvalue weighted by molar-refractivity contribution is 5.78. The van der Waals surface area contributed by atoms with E-state index in [1.165, 1.54) is 5.56 Å². The summed E-state index contributed by atoms with van der Waals surface area (Å²) >= 11 is 0. The number of aliphatic hydroxyl groups excluding tert-OH is 1. The van der Waals surface area contributed by atoms with Crippen molar-refractivity contribution < 1.29 is 5.11 Å². The van der Waals surface area contributed by atoms with Gasteiger partial charge in [-0.15, -0.1) is 0 Å². The van der Waals surface area contributed by atoms with E-state index in [0.29, 0.717) is 6.54 Å². The van der Waals surface area contributed by atoms with Crippen LogP contribution in [-0.2, 0) is 6.54 Å². The van der Waals surface area contributed by atoms with Crippen molar-refractivity contribution in [3.05, 3.63) is 47.7 Å². The highest BCUT2D eigenvalue weighted by Gasteiger charge is 2.14. The van der Waals surface area contributed by atoms with Crippen molar-refractivity contribution in [3.8, 4) is 11.4 Å². The van der Waals surface area contributed by atoms with E-state index in [1.807, 2.05) is 35.9 Å². The van der Waals surface area contributed by atoms with E-state index in [2.05, 4.69) is 24.0 Å². The third-order valence-electron chi connectivity index (χ3n) is 3.43. The fourth-order valence-corrected chi connectivity index (χ4v) is 2.45. The van der Waals surface area contributed by atoms with E-state index in [0.717, 1.165) is 28.1 Å². The van der Waals surface area contributed by atoms with Crippen LogP contribution in [0.15, 0.2) is 36.5 Å². The number of pyridine rings is 1. The third-order valence-corrected chi connectivity index (χ3v) is 3.43. The normalized spacial score (nSPS) is 11.2. The third kappa shape index (κ3) is 2.08. The molecule has 4 nitrogen and oxygen atoms in total. The number of aryl methyl sites for hydroxylation is 2. The van der Waals surface area contributed by atoms with E-state index in [9.17, 15) is 5.11 Å². The van der Waals surface area contributed by atoms with Crippen molar-refractivity contribution in [2.45, 2.75) is 20.4 Å². The predicted molar refractivity (Wildman–Crippen MR) is 79.5 cm³/mol. The summed E-state index contributed by atoms with van der Waals surface area (Å²) in [5, 5.41) is 9.32. The molecule has 0 saturated heterocycles. The standard InChI is InChI=1S/C16H17N3O/c1-11-9-14-16(17-10-11)19(7-8-20)15(18-14)13-6-4-3-5-12(13)2/h3-6,9-10,20H,7-8H2,1-2H3. The number of nitrogens with zero attached hydrogens (tertiary/aromatic N) is 3. The second kappa shape index (κ2) is 5.06. The summed E-state index contributed by atoms with van der Waals surface area (Å²) in [5.74, 6) is 0.866. The Bertz CT molecular complexity index is 762. The van der Waals surface area contributed by atoms with Gasteiger partial charge in [0, 0.05) is 18.3 Å². The Morgan fingerprint density at radius 2 is 2.00 bits per heavy atom. The van der Waals surface area contributed by atoms with Gasteiger partial charge in [-0.25, -0.2) is 9.97 Å². The van der Waals surface area contributed by atoms with Gasteiger partial charge in [0.25, 0.3) is 0 Å². The van der Waals surface area contributed by atoms with Crippen LogP contribution in [0, 0.1) is 13.8 Å². The average molecular weight is 267 g/mol. The number of rotatable bonds is 3. The van der Waals surface area contributed by atoms with Crippen molar-refractivity contribution in [3.63, 3.8) is 0 Å². The molecule has 3 aromatic rings. The molecule has 0 spiro atoms. The topological polar surface area (TPSA) is 50.9 Å². The summed E-state index contributed by atoms with van der Waals surface area (Å²) in [4.78, 5) is 9.18. The molecule has 1 aromatic carbocycles. The number of hydrogen-bond acceptors (Lipinski definition) is 3. The molecule has 0 aliphatic heterocycles. The van der Waals surface area contributed by atoms with E-state index >= 15 is 0 Å². The Morgan fingerprint density at radius 3 is 2.75 bits per heavy atom. The molecule has 0 saturated carbocycles. The van der Waals surface area contributed by atoms with Crippen LogP contribution in [0.2, 0.25) is 0 Å². The maximum absolute atomic E-state index is 9.32. The van der Waals surface area contributed by atoms with Crippen molar-refractivity contribution in [2.24, 2.45) is 0 Å². The quantitative estimate of drug-likeness (QED) is 0.793. The summed E-state index contributed by atoms with van der Waals surface area (Å²) in [6.45, 7) is 4.64. The smallest absolute Gasteiger partial charge is 0.160 e. The lowest BCUT2D eigenvalue weighted by Crippen LogP contribution is -2.05. The van der Waals surface area contributed by atoms with Gasteiger partial charge in [-0.2, -0.15) is 0 Å². The van der Waals surface area contributed by atoms with Gasteiger partial charge in [0.05, 0.1) is 6.61 Å². The first-order valence-electron chi connectivity index (χ1n) is 6.70. The monoisotopic (exact) mass is 267 g/mol. The zero-order valence-corrected chi connectivity index (χ0v) is 11.7. The molecule has 0 fully saturated rings. The molecule has 102 valence electrons. The number of aromatic nitrogens is 3. The largest absolute Gasteiger partial charge is 0.395 e. The first kappa shape index (κ1) is 12.8. The summed E-state index contributed by atoms with van der Waals surface area (Å²) in [5.41, 5.74) is 5.03. The molecule has 0 radical (unpaired) electrons. The molecule has 0 amide bonds. The lowest BCUT2D eigenvalue weighted by atomic mass is 10.1. The fraction of sp³-hybridized carbons (Fsp3) is 0.250. The Hall–Kier alpha value is -2.20. The van der Waals surface area contributed by atoms with Crippen LogP contribution in [0.3, 0.4) is 0 Å². The first-order chi connectivity index (χ1) is 9.70. The van der Waals surface area contributed by atoms with Gasteiger partial charge in [0.2, 0.25) is 0 Å². The summed E-state index contributed by atoms with van der Waals surface area (Å²) in [6.07, 6.45) is 1.83. The van der Waals surface area contributed by atoms with Crippen LogP contribution in [-0.4, -0.2) is 26.2 Å². The molecule has 0 aliphatic carbocycles. The molecule has 4 heteroatoms. The molecule has 3 rings (SSSR count). The minimum atomic E-state index is 0.0693. The summed E-state index contributed by atoms with van der Waals surface area (Å²) < 4.78 is 1.98. The number of hydrogen-bond donors (Lipinski definition) is 1. The molecule has 20 heavy (non-hydrogen) atoms. The zero-order valence-electron chi connectivity index (χ0n) is 11.7. The van der Waals surface area contributed by atoms with Gasteiger partial charge < -0.3 is 9.67 Å². The van der Waals surface area contributed by atoms with Gasteiger partial charge in [-0.05, 0) is 31.0 Å². The molecule has 2 heterocycles. The molecule has 0 aliphatic rings. The van der Waals surface area contributed by atoms with Crippen LogP contribution in [0.1, 0.15) is 11.1 Å². The van der Waals surface area contributed by atoms with Crippen LogP contribution in [0.5, 0.6) is 0 Å². The minimum absolute atomic E-state index is 0.0693. The Morgan fingerprint density at radius 1 is 1.20 bits per heavy atom. The Kier molecular flexibility index (Phi) is 3.24. The zero-order chi connectivity index (χ0) is 14.1. The van der Waals surface area contributed by atoms with Crippen LogP contribution >= 0.6 is 0 Å². The second-order valence-corrected chi connectivity index (χ2v) is 4.98. The second-order valence-electron chi connectivity index (χ2n) is 4.98. The van der Waals surface area contributed by atoms with Crippen LogP contribution < -0.4 is 0 Å². The minimum Gasteiger partial charge on any atom is -0.395 e. The number of fused-ring (bicyclic) bond motifs is 1. The molecule has 1 N–H and O–H groups in total. The maximum Gasteiger partial charge on any atom is 0.160 e. The number of imidazole rings is 1. The SMILES string of the molecule is Cc1cnc2c(c1)nc(-c1ccccc1C)n2CCO. The van der Waals surface area contributed by atoms with Gasteiger partial charge in [-0.3, -0.25) is 0 Å². The lowest BCUT2D eigenvalue weighted by molar-refractivity contribution is 0.278. The Balaban J connectivity index is 2.29. The maximum atomic E-state index is 9.32. The van der Waals surface area contributed by atoms with Crippen molar-refractivity contribution in [1.82, 2.24) is 14.5 Å². The molecule has 0 bridgehead atoms. The lowest BCUT2D eigenvalue weighted by Gasteiger charge is -2.08. The van der Waals surface area contributed by atoms with Crippen LogP contribution in [0.25, 0.3) is 22.6 Å².